The first-order valence-corrected chi connectivity index (χ1v) is 6.23. The van der Waals surface area contributed by atoms with E-state index in [1.54, 1.807) is 7.11 Å². The van der Waals surface area contributed by atoms with Gasteiger partial charge in [-0.25, -0.2) is 0 Å². The second kappa shape index (κ2) is 5.15. The summed E-state index contributed by atoms with van der Waals surface area (Å²) in [4.78, 5) is 14.2. The van der Waals surface area contributed by atoms with Crippen molar-refractivity contribution in [1.82, 2.24) is 10.2 Å². The van der Waals surface area contributed by atoms with Crippen LogP contribution >= 0.6 is 0 Å². The predicted octanol–water partition coefficient (Wildman–Crippen LogP) is 0.479. The number of methoxy groups -OCH3 is 1. The maximum Gasteiger partial charge on any atom is 0.239 e. The Bertz CT molecular complexity index is 251. The highest BCUT2D eigenvalue weighted by atomic mass is 16.5. The van der Waals surface area contributed by atoms with Gasteiger partial charge < -0.3 is 15.0 Å². The molecular formula is C12H22N2O2. The van der Waals surface area contributed by atoms with E-state index in [1.165, 1.54) is 0 Å². The van der Waals surface area contributed by atoms with Crippen LogP contribution in [-0.4, -0.2) is 50.2 Å². The van der Waals surface area contributed by atoms with Gasteiger partial charge in [-0.1, -0.05) is 6.92 Å². The highest BCUT2D eigenvalue weighted by Crippen LogP contribution is 2.24. The molecule has 2 aliphatic heterocycles. The van der Waals surface area contributed by atoms with Gasteiger partial charge >= 0.3 is 0 Å². The standard InChI is InChI=1S/C12H22N2O2/c1-9-6-14(7-10(9)8-16-2)12(15)11-4-3-5-13-11/h9-11,13H,3-8H2,1-2H3/t9-,10+,11-/m1/s1. The maximum atomic E-state index is 12.2. The van der Waals surface area contributed by atoms with E-state index in [-0.39, 0.29) is 6.04 Å². The van der Waals surface area contributed by atoms with Crippen molar-refractivity contribution < 1.29 is 9.53 Å². The maximum absolute atomic E-state index is 12.2. The van der Waals surface area contributed by atoms with Gasteiger partial charge in [0.05, 0.1) is 12.6 Å². The van der Waals surface area contributed by atoms with Gasteiger partial charge in [-0.2, -0.15) is 0 Å². The normalized spacial score (nSPS) is 34.6. The van der Waals surface area contributed by atoms with Gasteiger partial charge in [0.25, 0.3) is 0 Å². The molecule has 1 amide bonds. The Morgan fingerprint density at radius 2 is 2.31 bits per heavy atom. The van der Waals surface area contributed by atoms with Crippen LogP contribution in [0.3, 0.4) is 0 Å². The number of hydrogen-bond donors (Lipinski definition) is 1. The van der Waals surface area contributed by atoms with E-state index in [4.69, 9.17) is 4.74 Å². The highest BCUT2D eigenvalue weighted by molar-refractivity contribution is 5.82. The summed E-state index contributed by atoms with van der Waals surface area (Å²) < 4.78 is 5.20. The van der Waals surface area contributed by atoms with Crippen LogP contribution in [0.1, 0.15) is 19.8 Å². The molecule has 1 N–H and O–H groups in total. The summed E-state index contributed by atoms with van der Waals surface area (Å²) in [5.74, 6) is 1.36. The molecule has 0 spiro atoms. The molecule has 4 nitrogen and oxygen atoms in total. The molecule has 4 heteroatoms. The zero-order valence-corrected chi connectivity index (χ0v) is 10.2. The lowest BCUT2D eigenvalue weighted by atomic mass is 10.00. The molecule has 16 heavy (non-hydrogen) atoms. The van der Waals surface area contributed by atoms with Gasteiger partial charge in [0.15, 0.2) is 0 Å². The summed E-state index contributed by atoms with van der Waals surface area (Å²) in [5, 5.41) is 3.27. The molecule has 0 unspecified atom stereocenters. The van der Waals surface area contributed by atoms with Crippen LogP contribution in [0, 0.1) is 11.8 Å². The summed E-state index contributed by atoms with van der Waals surface area (Å²) in [6.07, 6.45) is 2.12. The number of likely N-dealkylation sites (tertiary alicyclic amines) is 1. The Morgan fingerprint density at radius 1 is 1.50 bits per heavy atom. The van der Waals surface area contributed by atoms with E-state index in [1.807, 2.05) is 4.90 Å². The van der Waals surface area contributed by atoms with E-state index in [0.717, 1.165) is 39.1 Å². The Kier molecular flexibility index (Phi) is 3.82. The fraction of sp³-hybridized carbons (Fsp3) is 0.917. The van der Waals surface area contributed by atoms with Crippen LogP contribution in [0.25, 0.3) is 0 Å². The predicted molar refractivity (Wildman–Crippen MR) is 62.1 cm³/mol. The number of rotatable bonds is 3. The van der Waals surface area contributed by atoms with Crippen molar-refractivity contribution in [3.05, 3.63) is 0 Å². The number of carbonyl (C=O) groups excluding carboxylic acids is 1. The monoisotopic (exact) mass is 226 g/mol. The van der Waals surface area contributed by atoms with Crippen molar-refractivity contribution >= 4 is 5.91 Å². The molecule has 0 aromatic heterocycles. The van der Waals surface area contributed by atoms with Gasteiger partial charge in [-0.3, -0.25) is 4.79 Å². The van der Waals surface area contributed by atoms with Crippen LogP contribution in [0.15, 0.2) is 0 Å². The largest absolute Gasteiger partial charge is 0.384 e. The Labute approximate surface area is 97.3 Å². The third kappa shape index (κ3) is 2.38. The molecule has 2 fully saturated rings. The van der Waals surface area contributed by atoms with Crippen LogP contribution in [0.4, 0.5) is 0 Å². The Balaban J connectivity index is 1.88. The molecule has 92 valence electrons. The molecule has 2 aliphatic rings. The fourth-order valence-electron chi connectivity index (χ4n) is 2.76. The summed E-state index contributed by atoms with van der Waals surface area (Å²) in [6.45, 7) is 5.72. The SMILES string of the molecule is COC[C@@H]1CN(C(=O)[C@H]2CCCN2)C[C@H]1C. The lowest BCUT2D eigenvalue weighted by molar-refractivity contribution is -0.132. The molecule has 2 heterocycles. The van der Waals surface area contributed by atoms with Gasteiger partial charge in [-0.15, -0.1) is 0 Å². The molecular weight excluding hydrogens is 204 g/mol. The topological polar surface area (TPSA) is 41.6 Å². The number of nitrogens with one attached hydrogen (secondary N) is 1. The van der Waals surface area contributed by atoms with E-state index < -0.39 is 0 Å². The number of ether oxygens (including phenoxy) is 1. The van der Waals surface area contributed by atoms with Crippen molar-refractivity contribution in [2.75, 3.05) is 33.4 Å². The average Bonchev–Trinajstić information content (AvgIpc) is 2.88. The van der Waals surface area contributed by atoms with Crippen LogP contribution < -0.4 is 5.32 Å². The second-order valence-corrected chi connectivity index (χ2v) is 5.08. The first-order valence-electron chi connectivity index (χ1n) is 6.23. The first kappa shape index (κ1) is 11.9. The molecule has 0 radical (unpaired) electrons. The number of amides is 1. The Hall–Kier alpha value is -0.610. The smallest absolute Gasteiger partial charge is 0.239 e. The quantitative estimate of drug-likeness (QED) is 0.761. The number of nitrogens with zero attached hydrogens (tertiary/aromatic N) is 1. The van der Waals surface area contributed by atoms with Crippen molar-refractivity contribution in [2.24, 2.45) is 11.8 Å². The van der Waals surface area contributed by atoms with Crippen molar-refractivity contribution in [3.63, 3.8) is 0 Å². The number of carbonyl (C=O) groups is 1. The molecule has 2 rings (SSSR count). The zero-order valence-electron chi connectivity index (χ0n) is 10.2. The lowest BCUT2D eigenvalue weighted by Crippen LogP contribution is -2.42. The Morgan fingerprint density at radius 3 is 2.94 bits per heavy atom. The van der Waals surface area contributed by atoms with Crippen LogP contribution in [0.2, 0.25) is 0 Å². The van der Waals surface area contributed by atoms with Gasteiger partial charge in [0.1, 0.15) is 0 Å². The van der Waals surface area contributed by atoms with Crippen molar-refractivity contribution in [2.45, 2.75) is 25.8 Å². The second-order valence-electron chi connectivity index (χ2n) is 5.08. The third-order valence-electron chi connectivity index (χ3n) is 3.82. The van der Waals surface area contributed by atoms with E-state index in [9.17, 15) is 4.79 Å². The minimum absolute atomic E-state index is 0.0773. The van der Waals surface area contributed by atoms with Crippen LogP contribution in [-0.2, 0) is 9.53 Å². The van der Waals surface area contributed by atoms with Gasteiger partial charge in [0, 0.05) is 26.1 Å². The summed E-state index contributed by atoms with van der Waals surface area (Å²) in [6, 6.07) is 0.0773. The van der Waals surface area contributed by atoms with Crippen LogP contribution in [0.5, 0.6) is 0 Å². The average molecular weight is 226 g/mol. The third-order valence-corrected chi connectivity index (χ3v) is 3.82. The molecule has 2 saturated heterocycles. The molecule has 0 bridgehead atoms. The van der Waals surface area contributed by atoms with Crippen molar-refractivity contribution in [3.8, 4) is 0 Å². The lowest BCUT2D eigenvalue weighted by Gasteiger charge is -2.20. The van der Waals surface area contributed by atoms with Crippen molar-refractivity contribution in [1.29, 1.82) is 0 Å². The molecule has 0 aromatic carbocycles. The summed E-state index contributed by atoms with van der Waals surface area (Å²) in [5.41, 5.74) is 0. The minimum atomic E-state index is 0.0773. The van der Waals surface area contributed by atoms with E-state index in [0.29, 0.717) is 17.7 Å². The number of hydrogen-bond acceptors (Lipinski definition) is 3. The van der Waals surface area contributed by atoms with Gasteiger partial charge in [-0.05, 0) is 25.3 Å². The summed E-state index contributed by atoms with van der Waals surface area (Å²) >= 11 is 0. The molecule has 3 atom stereocenters. The summed E-state index contributed by atoms with van der Waals surface area (Å²) in [7, 11) is 1.73. The van der Waals surface area contributed by atoms with Gasteiger partial charge in [0.2, 0.25) is 5.91 Å². The molecule has 0 aromatic rings. The van der Waals surface area contributed by atoms with E-state index in [2.05, 4.69) is 12.2 Å². The highest BCUT2D eigenvalue weighted by Gasteiger charge is 2.35. The zero-order chi connectivity index (χ0) is 11.5. The molecule has 0 aliphatic carbocycles. The minimum Gasteiger partial charge on any atom is -0.384 e. The molecule has 0 saturated carbocycles. The fourth-order valence-corrected chi connectivity index (χ4v) is 2.76. The van der Waals surface area contributed by atoms with E-state index >= 15 is 0 Å². The first-order chi connectivity index (χ1) is 7.72.